The van der Waals surface area contributed by atoms with Gasteiger partial charge >= 0.3 is 0 Å². The first-order valence-corrected chi connectivity index (χ1v) is 19.0. The molecule has 10 aromatic rings. The monoisotopic (exact) mass is 718 g/mol. The molecule has 0 N–H and O–H groups in total. The van der Waals surface area contributed by atoms with Crippen molar-refractivity contribution in [3.8, 4) is 45.4 Å². The van der Waals surface area contributed by atoms with E-state index in [1.165, 1.54) is 32.6 Å². The molecule has 0 atom stereocenters. The Kier molecular flexibility index (Phi) is 7.52. The van der Waals surface area contributed by atoms with Crippen LogP contribution in [0.4, 0.5) is 0 Å². The third-order valence-electron chi connectivity index (χ3n) is 10.8. The summed E-state index contributed by atoms with van der Waals surface area (Å²) in [5, 5.41) is 4.80. The van der Waals surface area contributed by atoms with Gasteiger partial charge < -0.3 is 4.57 Å². The molecule has 4 heterocycles. The van der Waals surface area contributed by atoms with Gasteiger partial charge in [-0.25, -0.2) is 19.9 Å². The van der Waals surface area contributed by atoms with Crippen LogP contribution in [0, 0.1) is 0 Å². The SMILES string of the molecule is C1=CC(c2nc(-c3ccccc3)nc(-c3ccnc(-n4c5ccccc5c5ccc(-c6ccc7c(c6)c6ccccc6n7-c6ccccc6)cc54)c3)n2)=CCC1. The van der Waals surface area contributed by atoms with Crippen LogP contribution in [-0.2, 0) is 0 Å². The van der Waals surface area contributed by atoms with Crippen molar-refractivity contribution >= 4 is 49.2 Å². The fourth-order valence-corrected chi connectivity index (χ4v) is 8.21. The van der Waals surface area contributed by atoms with Gasteiger partial charge in [0.2, 0.25) is 0 Å². The van der Waals surface area contributed by atoms with Crippen molar-refractivity contribution in [2.45, 2.75) is 12.8 Å². The molecule has 0 radical (unpaired) electrons. The van der Waals surface area contributed by atoms with Crippen molar-refractivity contribution in [2.24, 2.45) is 0 Å². The quantitative estimate of drug-likeness (QED) is 0.172. The zero-order valence-corrected chi connectivity index (χ0v) is 30.4. The molecule has 0 saturated carbocycles. The highest BCUT2D eigenvalue weighted by atomic mass is 15.1. The van der Waals surface area contributed by atoms with Gasteiger partial charge in [-0.15, -0.1) is 0 Å². The summed E-state index contributed by atoms with van der Waals surface area (Å²) in [6.45, 7) is 0. The molecule has 56 heavy (non-hydrogen) atoms. The summed E-state index contributed by atoms with van der Waals surface area (Å²) < 4.78 is 4.62. The van der Waals surface area contributed by atoms with Gasteiger partial charge in [0.05, 0.1) is 22.1 Å². The van der Waals surface area contributed by atoms with E-state index in [1.54, 1.807) is 0 Å². The Balaban J connectivity index is 1.07. The van der Waals surface area contributed by atoms with Gasteiger partial charge in [0, 0.05) is 50.1 Å². The molecule has 0 amide bonds. The molecule has 0 spiro atoms. The zero-order chi connectivity index (χ0) is 37.0. The molecule has 11 rings (SSSR count). The van der Waals surface area contributed by atoms with Crippen molar-refractivity contribution in [2.75, 3.05) is 0 Å². The number of pyridine rings is 1. The number of aromatic nitrogens is 6. The fraction of sp³-hybridized carbons (Fsp3) is 0.0400. The van der Waals surface area contributed by atoms with Crippen LogP contribution in [0.2, 0.25) is 0 Å². The molecule has 0 saturated heterocycles. The van der Waals surface area contributed by atoms with E-state index in [1.807, 2.05) is 42.6 Å². The van der Waals surface area contributed by atoms with Crippen LogP contribution < -0.4 is 0 Å². The maximum atomic E-state index is 5.04. The standard InChI is InChI=1S/C50H34N6/c1-4-14-33(15-5-1)48-52-49(34-16-6-2-7-17-34)54-50(53-48)37-28-29-51-47(32-37)56-44-23-13-10-20-39(44)41-26-24-36(31-46(41)56)35-25-27-45-42(30-35)40-21-11-12-22-43(40)55(45)38-18-8-3-9-19-38/h1,3-6,8-32H,2,7H2. The Bertz CT molecular complexity index is 3190. The zero-order valence-electron chi connectivity index (χ0n) is 30.4. The van der Waals surface area contributed by atoms with Crippen molar-refractivity contribution in [3.63, 3.8) is 0 Å². The molecular formula is C50H34N6. The minimum absolute atomic E-state index is 0.613. The third-order valence-corrected chi connectivity index (χ3v) is 10.8. The van der Waals surface area contributed by atoms with E-state index in [-0.39, 0.29) is 0 Å². The van der Waals surface area contributed by atoms with Crippen LogP contribution in [0.25, 0.3) is 94.6 Å². The van der Waals surface area contributed by atoms with Gasteiger partial charge in [-0.05, 0) is 78.6 Å². The van der Waals surface area contributed by atoms with Crippen molar-refractivity contribution < 1.29 is 0 Å². The molecule has 4 aromatic heterocycles. The summed E-state index contributed by atoms with van der Waals surface area (Å²) in [7, 11) is 0. The molecule has 0 unspecified atom stereocenters. The number of benzene rings is 6. The normalized spacial score (nSPS) is 12.9. The van der Waals surface area contributed by atoms with E-state index >= 15 is 0 Å². The Morgan fingerprint density at radius 1 is 0.411 bits per heavy atom. The second-order valence-corrected chi connectivity index (χ2v) is 14.2. The lowest BCUT2D eigenvalue weighted by molar-refractivity contribution is 1.00. The number of allylic oxidation sites excluding steroid dienone is 4. The first-order valence-electron chi connectivity index (χ1n) is 19.0. The highest BCUT2D eigenvalue weighted by Gasteiger charge is 2.19. The molecule has 6 nitrogen and oxygen atoms in total. The van der Waals surface area contributed by atoms with Gasteiger partial charge in [0.1, 0.15) is 5.82 Å². The molecule has 0 aliphatic heterocycles. The van der Waals surface area contributed by atoms with E-state index in [4.69, 9.17) is 19.9 Å². The minimum Gasteiger partial charge on any atom is -0.309 e. The average Bonchev–Trinajstić information content (AvgIpc) is 3.79. The van der Waals surface area contributed by atoms with E-state index in [9.17, 15) is 0 Å². The van der Waals surface area contributed by atoms with Gasteiger partial charge in [-0.2, -0.15) is 0 Å². The number of para-hydroxylation sites is 3. The molecule has 6 aromatic carbocycles. The van der Waals surface area contributed by atoms with Crippen molar-refractivity contribution in [3.05, 3.63) is 188 Å². The summed E-state index contributed by atoms with van der Waals surface area (Å²) in [6.07, 6.45) is 10.4. The lowest BCUT2D eigenvalue weighted by Gasteiger charge is -2.12. The lowest BCUT2D eigenvalue weighted by atomic mass is 10.0. The van der Waals surface area contributed by atoms with Crippen molar-refractivity contribution in [1.29, 1.82) is 0 Å². The highest BCUT2D eigenvalue weighted by Crippen LogP contribution is 2.38. The smallest absolute Gasteiger partial charge is 0.164 e. The molecule has 0 bridgehead atoms. The van der Waals surface area contributed by atoms with Gasteiger partial charge in [-0.1, -0.05) is 121 Å². The molecule has 1 aliphatic rings. The molecule has 264 valence electrons. The summed E-state index contributed by atoms with van der Waals surface area (Å²) in [4.78, 5) is 20.0. The first kappa shape index (κ1) is 32.0. The fourth-order valence-electron chi connectivity index (χ4n) is 8.21. The Labute approximate surface area is 323 Å². The second-order valence-electron chi connectivity index (χ2n) is 14.2. The van der Waals surface area contributed by atoms with E-state index in [2.05, 4.69) is 149 Å². The highest BCUT2D eigenvalue weighted by molar-refractivity contribution is 6.12. The van der Waals surface area contributed by atoms with Crippen LogP contribution >= 0.6 is 0 Å². The predicted molar refractivity (Wildman–Crippen MR) is 229 cm³/mol. The summed E-state index contributed by atoms with van der Waals surface area (Å²) in [6, 6.07) is 55.7. The van der Waals surface area contributed by atoms with Crippen LogP contribution in [-0.4, -0.2) is 29.1 Å². The minimum atomic E-state index is 0.613. The summed E-state index contributed by atoms with van der Waals surface area (Å²) >= 11 is 0. The summed E-state index contributed by atoms with van der Waals surface area (Å²) in [5.74, 6) is 2.73. The number of fused-ring (bicyclic) bond motifs is 6. The average molecular weight is 719 g/mol. The maximum absolute atomic E-state index is 5.04. The largest absolute Gasteiger partial charge is 0.309 e. The predicted octanol–water partition coefficient (Wildman–Crippen LogP) is 12.2. The Morgan fingerprint density at radius 3 is 1.82 bits per heavy atom. The molecule has 1 aliphatic carbocycles. The van der Waals surface area contributed by atoms with E-state index < -0.39 is 0 Å². The number of nitrogens with zero attached hydrogens (tertiary/aromatic N) is 6. The van der Waals surface area contributed by atoms with Gasteiger partial charge in [-0.3, -0.25) is 4.57 Å². The van der Waals surface area contributed by atoms with Crippen LogP contribution in [0.1, 0.15) is 18.7 Å². The van der Waals surface area contributed by atoms with Gasteiger partial charge in [0.15, 0.2) is 17.5 Å². The maximum Gasteiger partial charge on any atom is 0.164 e. The van der Waals surface area contributed by atoms with Crippen molar-refractivity contribution in [1.82, 2.24) is 29.1 Å². The van der Waals surface area contributed by atoms with Crippen LogP contribution in [0.5, 0.6) is 0 Å². The van der Waals surface area contributed by atoms with E-state index in [0.717, 1.165) is 63.2 Å². The van der Waals surface area contributed by atoms with Crippen LogP contribution in [0.3, 0.4) is 0 Å². The van der Waals surface area contributed by atoms with Crippen LogP contribution in [0.15, 0.2) is 182 Å². The third kappa shape index (κ3) is 5.34. The van der Waals surface area contributed by atoms with Gasteiger partial charge in [0.25, 0.3) is 0 Å². The summed E-state index contributed by atoms with van der Waals surface area (Å²) in [5.41, 5.74) is 10.8. The number of rotatable bonds is 6. The Morgan fingerprint density at radius 2 is 1.04 bits per heavy atom. The Hall–Kier alpha value is -7.44. The van der Waals surface area contributed by atoms with E-state index in [0.29, 0.717) is 17.5 Å². The number of hydrogen-bond donors (Lipinski definition) is 0. The first-order chi connectivity index (χ1) is 27.8. The topological polar surface area (TPSA) is 61.4 Å². The molecule has 0 fully saturated rings. The molecule has 6 heteroatoms. The lowest BCUT2D eigenvalue weighted by Crippen LogP contribution is -2.04. The number of hydrogen-bond acceptors (Lipinski definition) is 4. The molecular weight excluding hydrogens is 685 g/mol. The second kappa shape index (κ2) is 13.1.